The van der Waals surface area contributed by atoms with Gasteiger partial charge < -0.3 is 39.5 Å². The lowest BCUT2D eigenvalue weighted by molar-refractivity contribution is -0.258. The number of hydrogen-bond donors (Lipinski definition) is 4. The van der Waals surface area contributed by atoms with Crippen molar-refractivity contribution in [2.75, 3.05) is 21.2 Å². The van der Waals surface area contributed by atoms with Crippen molar-refractivity contribution < 1.29 is 49.0 Å². The third-order valence-corrected chi connectivity index (χ3v) is 8.77. The van der Waals surface area contributed by atoms with Gasteiger partial charge in [0, 0.05) is 35.6 Å². The summed E-state index contributed by atoms with van der Waals surface area (Å²) in [7, 11) is 4.82. The molecule has 2 aromatic rings. The number of hydrogen-bond acceptors (Lipinski definition) is 11. The predicted octanol–water partition coefficient (Wildman–Crippen LogP) is 2.16. The average Bonchev–Trinajstić information content (AvgIpc) is 2.92. The normalized spacial score (nSPS) is 30.9. The smallest absolute Gasteiger partial charge is 0.316 e. The molecule has 11 nitrogen and oxygen atoms in total. The summed E-state index contributed by atoms with van der Waals surface area (Å²) in [6, 6.07) is 5.14. The van der Waals surface area contributed by atoms with Gasteiger partial charge in [0.2, 0.25) is 5.78 Å². The standard InChI is InChI=1S/C30H35NO10/c1-6-30(38)12-19(41-20-11-17(31(3)4)25(33)13(2)40-20)22-15(24(30)29(37)39-5)10-16-23(28(22)36)27(35)21-14(26(16)34)8-7-9-18(21)32/h7-10,13,17,19-20,24-25,32-33,36,38H,6,11-12H2,1-5H3/t13?,17?,19?,20?,24-,25?,30+/m1/s1. The maximum atomic E-state index is 13.6. The summed E-state index contributed by atoms with van der Waals surface area (Å²) >= 11 is 0. The number of ether oxygens (including phenoxy) is 3. The molecule has 2 aromatic carbocycles. The quantitative estimate of drug-likeness (QED) is 0.333. The second kappa shape index (κ2) is 10.5. The Hall–Kier alpha value is -3.35. The number of phenols is 2. The van der Waals surface area contributed by atoms with Gasteiger partial charge >= 0.3 is 5.97 Å². The van der Waals surface area contributed by atoms with E-state index in [-0.39, 0.29) is 58.7 Å². The van der Waals surface area contributed by atoms with Crippen LogP contribution in [-0.2, 0) is 19.0 Å². The Morgan fingerprint density at radius 3 is 2.49 bits per heavy atom. The third kappa shape index (κ3) is 4.52. The molecule has 0 spiro atoms. The van der Waals surface area contributed by atoms with Crippen LogP contribution in [0.25, 0.3) is 0 Å². The molecule has 0 amide bonds. The Kier molecular flexibility index (Phi) is 7.46. The molecule has 1 aliphatic heterocycles. The molecule has 0 aromatic heterocycles. The van der Waals surface area contributed by atoms with E-state index in [1.165, 1.54) is 31.4 Å². The highest BCUT2D eigenvalue weighted by Crippen LogP contribution is 2.54. The van der Waals surface area contributed by atoms with E-state index >= 15 is 0 Å². The van der Waals surface area contributed by atoms with Crippen molar-refractivity contribution in [2.24, 2.45) is 0 Å². The van der Waals surface area contributed by atoms with Gasteiger partial charge in [0.1, 0.15) is 17.4 Å². The maximum Gasteiger partial charge on any atom is 0.316 e. The van der Waals surface area contributed by atoms with Crippen LogP contribution in [-0.4, -0.2) is 94.2 Å². The van der Waals surface area contributed by atoms with E-state index in [9.17, 15) is 34.8 Å². The number of aromatic hydroxyl groups is 2. The molecule has 220 valence electrons. The molecular formula is C30H35NO10. The number of carbonyl (C=O) groups is 3. The Morgan fingerprint density at radius 2 is 1.85 bits per heavy atom. The minimum Gasteiger partial charge on any atom is -0.507 e. The van der Waals surface area contributed by atoms with Crippen molar-refractivity contribution in [3.8, 4) is 11.5 Å². The van der Waals surface area contributed by atoms with Crippen LogP contribution in [0.15, 0.2) is 24.3 Å². The first kappa shape index (κ1) is 29.2. The number of esters is 1. The van der Waals surface area contributed by atoms with Crippen molar-refractivity contribution in [1.82, 2.24) is 4.90 Å². The first-order chi connectivity index (χ1) is 19.3. The third-order valence-electron chi connectivity index (χ3n) is 8.77. The fourth-order valence-corrected chi connectivity index (χ4v) is 6.50. The molecule has 11 heteroatoms. The van der Waals surface area contributed by atoms with Gasteiger partial charge in [0.05, 0.1) is 42.1 Å². The van der Waals surface area contributed by atoms with E-state index < -0.39 is 65.2 Å². The highest BCUT2D eigenvalue weighted by Gasteiger charge is 2.53. The Labute approximate surface area is 237 Å². The van der Waals surface area contributed by atoms with Crippen LogP contribution < -0.4 is 0 Å². The number of phenolic OH excluding ortho intramolecular Hbond substituents is 2. The topological polar surface area (TPSA) is 163 Å². The fraction of sp³-hybridized carbons (Fsp3) is 0.500. The molecule has 3 aliphatic rings. The first-order valence-corrected chi connectivity index (χ1v) is 13.6. The Balaban J connectivity index is 1.69. The van der Waals surface area contributed by atoms with E-state index in [2.05, 4.69) is 0 Å². The number of nitrogens with zero attached hydrogens (tertiary/aromatic N) is 1. The molecule has 4 N–H and O–H groups in total. The molecule has 7 atom stereocenters. The molecule has 2 aliphatic carbocycles. The Morgan fingerprint density at radius 1 is 1.15 bits per heavy atom. The summed E-state index contributed by atoms with van der Waals surface area (Å²) in [5, 5.41) is 44.5. The zero-order valence-corrected chi connectivity index (χ0v) is 23.6. The molecule has 5 unspecified atom stereocenters. The minimum absolute atomic E-state index is 0.0382. The van der Waals surface area contributed by atoms with Gasteiger partial charge in [-0.1, -0.05) is 19.1 Å². The zero-order valence-electron chi connectivity index (χ0n) is 23.6. The van der Waals surface area contributed by atoms with Crippen LogP contribution in [0.3, 0.4) is 0 Å². The van der Waals surface area contributed by atoms with Crippen LogP contribution >= 0.6 is 0 Å². The zero-order chi connectivity index (χ0) is 30.0. The number of aliphatic hydroxyl groups is 2. The molecule has 1 saturated heterocycles. The SMILES string of the molecule is CC[C@]1(O)CC(OC2CC(N(C)C)C(O)C(C)O2)c2c(cc3c(c2O)C(=O)c2c(O)cccc2C3=O)[C@@H]1C(=O)OC. The summed E-state index contributed by atoms with van der Waals surface area (Å²) in [5.74, 6) is -4.42. The first-order valence-electron chi connectivity index (χ1n) is 13.6. The number of rotatable bonds is 5. The minimum atomic E-state index is -1.69. The molecule has 1 heterocycles. The van der Waals surface area contributed by atoms with Gasteiger partial charge in [-0.15, -0.1) is 0 Å². The summed E-state index contributed by atoms with van der Waals surface area (Å²) < 4.78 is 17.3. The highest BCUT2D eigenvalue weighted by atomic mass is 16.7. The second-order valence-corrected chi connectivity index (χ2v) is 11.3. The molecule has 0 bridgehead atoms. The predicted molar refractivity (Wildman–Crippen MR) is 144 cm³/mol. The number of likely N-dealkylation sites (N-methyl/N-ethyl adjacent to an activating group) is 1. The number of carbonyl (C=O) groups excluding carboxylic acids is 3. The summed E-state index contributed by atoms with van der Waals surface area (Å²) in [6.45, 7) is 3.41. The van der Waals surface area contributed by atoms with Crippen molar-refractivity contribution in [3.05, 3.63) is 57.6 Å². The van der Waals surface area contributed by atoms with Gasteiger partial charge in [-0.3, -0.25) is 14.4 Å². The second-order valence-electron chi connectivity index (χ2n) is 11.3. The Bertz CT molecular complexity index is 1420. The van der Waals surface area contributed by atoms with Crippen LogP contribution in [0.2, 0.25) is 0 Å². The van der Waals surface area contributed by atoms with Gasteiger partial charge in [0.15, 0.2) is 12.1 Å². The lowest BCUT2D eigenvalue weighted by Crippen LogP contribution is -2.54. The molecule has 5 rings (SSSR count). The van der Waals surface area contributed by atoms with Crippen LogP contribution in [0.5, 0.6) is 11.5 Å². The monoisotopic (exact) mass is 569 g/mol. The lowest BCUT2D eigenvalue weighted by Gasteiger charge is -2.46. The molecule has 1 fully saturated rings. The molecule has 41 heavy (non-hydrogen) atoms. The number of fused-ring (bicyclic) bond motifs is 3. The van der Waals surface area contributed by atoms with Gasteiger partial charge in [-0.05, 0) is 45.1 Å². The van der Waals surface area contributed by atoms with E-state index in [0.29, 0.717) is 0 Å². The van der Waals surface area contributed by atoms with Crippen molar-refractivity contribution >= 4 is 17.5 Å². The van der Waals surface area contributed by atoms with E-state index in [0.717, 1.165) is 0 Å². The van der Waals surface area contributed by atoms with Crippen LogP contribution in [0.4, 0.5) is 0 Å². The summed E-state index contributed by atoms with van der Waals surface area (Å²) in [5.41, 5.74) is -2.27. The molecule has 0 radical (unpaired) electrons. The van der Waals surface area contributed by atoms with Crippen LogP contribution in [0.1, 0.15) is 88.1 Å². The van der Waals surface area contributed by atoms with E-state index in [1.54, 1.807) is 13.8 Å². The fourth-order valence-electron chi connectivity index (χ4n) is 6.50. The number of ketones is 2. The van der Waals surface area contributed by atoms with Crippen molar-refractivity contribution in [1.29, 1.82) is 0 Å². The highest BCUT2D eigenvalue weighted by molar-refractivity contribution is 6.30. The van der Waals surface area contributed by atoms with Gasteiger partial charge in [-0.25, -0.2) is 0 Å². The van der Waals surface area contributed by atoms with E-state index in [1.807, 2.05) is 19.0 Å². The van der Waals surface area contributed by atoms with Crippen LogP contribution in [0, 0.1) is 0 Å². The van der Waals surface area contributed by atoms with E-state index in [4.69, 9.17) is 14.2 Å². The van der Waals surface area contributed by atoms with Crippen molar-refractivity contribution in [3.63, 3.8) is 0 Å². The van der Waals surface area contributed by atoms with Gasteiger partial charge in [0.25, 0.3) is 0 Å². The van der Waals surface area contributed by atoms with Gasteiger partial charge in [-0.2, -0.15) is 0 Å². The van der Waals surface area contributed by atoms with Crippen molar-refractivity contribution in [2.45, 2.75) is 75.3 Å². The number of aliphatic hydroxyl groups excluding tert-OH is 1. The number of benzene rings is 2. The largest absolute Gasteiger partial charge is 0.507 e. The number of methoxy groups -OCH3 is 1. The average molecular weight is 570 g/mol. The summed E-state index contributed by atoms with van der Waals surface area (Å²) in [6.07, 6.45) is -3.09. The lowest BCUT2D eigenvalue weighted by atomic mass is 9.67. The summed E-state index contributed by atoms with van der Waals surface area (Å²) in [4.78, 5) is 42.1. The molecule has 0 saturated carbocycles. The molecular weight excluding hydrogens is 534 g/mol. The maximum absolute atomic E-state index is 13.6.